The third-order valence-corrected chi connectivity index (χ3v) is 5.92. The number of aryl methyl sites for hydroxylation is 1. The lowest BCUT2D eigenvalue weighted by atomic mass is 10.0. The lowest BCUT2D eigenvalue weighted by Crippen LogP contribution is -2.45. The van der Waals surface area contributed by atoms with Gasteiger partial charge in [-0.25, -0.2) is 9.67 Å². The largest absolute Gasteiger partial charge is 0.356 e. The molecule has 0 bridgehead atoms. The van der Waals surface area contributed by atoms with E-state index in [2.05, 4.69) is 36.2 Å². The number of amides is 1. The number of anilines is 1. The van der Waals surface area contributed by atoms with Crippen LogP contribution in [-0.4, -0.2) is 39.8 Å². The van der Waals surface area contributed by atoms with Gasteiger partial charge in [-0.1, -0.05) is 22.0 Å². The van der Waals surface area contributed by atoms with Crippen molar-refractivity contribution >= 4 is 27.7 Å². The van der Waals surface area contributed by atoms with Crippen LogP contribution in [0.25, 0.3) is 5.69 Å². The lowest BCUT2D eigenvalue weighted by Gasteiger charge is -2.33. The zero-order chi connectivity index (χ0) is 20.4. The van der Waals surface area contributed by atoms with Gasteiger partial charge in [-0.15, -0.1) is 0 Å². The Morgan fingerprint density at radius 2 is 1.83 bits per heavy atom. The predicted octanol–water partition coefficient (Wildman–Crippen LogP) is 4.05. The first-order valence-corrected chi connectivity index (χ1v) is 10.6. The highest BCUT2D eigenvalue weighted by Crippen LogP contribution is 2.21. The monoisotopic (exact) mass is 453 g/mol. The molecule has 0 saturated carbocycles. The van der Waals surface area contributed by atoms with Gasteiger partial charge in [0, 0.05) is 29.8 Å². The van der Waals surface area contributed by atoms with Gasteiger partial charge in [-0.2, -0.15) is 5.10 Å². The second-order valence-corrected chi connectivity index (χ2v) is 8.27. The number of pyridine rings is 1. The van der Waals surface area contributed by atoms with Crippen molar-refractivity contribution in [3.05, 3.63) is 70.1 Å². The first kappa shape index (κ1) is 19.6. The Morgan fingerprint density at radius 1 is 1.10 bits per heavy atom. The fourth-order valence-corrected chi connectivity index (χ4v) is 4.12. The SMILES string of the molecule is Cc1nn(-c2ccc(Br)cc2)c(C)c1C(=O)NC1CCN(c2ccccn2)CC1. The zero-order valence-electron chi connectivity index (χ0n) is 16.6. The molecule has 6 nitrogen and oxygen atoms in total. The molecule has 150 valence electrons. The summed E-state index contributed by atoms with van der Waals surface area (Å²) in [6, 6.07) is 14.0. The van der Waals surface area contributed by atoms with Crippen LogP contribution >= 0.6 is 15.9 Å². The summed E-state index contributed by atoms with van der Waals surface area (Å²) in [5.41, 5.74) is 3.21. The number of piperidine rings is 1. The van der Waals surface area contributed by atoms with Crippen LogP contribution in [-0.2, 0) is 0 Å². The van der Waals surface area contributed by atoms with E-state index in [1.165, 1.54) is 0 Å². The Balaban J connectivity index is 1.43. The Labute approximate surface area is 179 Å². The van der Waals surface area contributed by atoms with Crippen LogP contribution in [0, 0.1) is 13.8 Å². The van der Waals surface area contributed by atoms with Crippen LogP contribution in [0.4, 0.5) is 5.82 Å². The quantitative estimate of drug-likeness (QED) is 0.647. The van der Waals surface area contributed by atoms with Crippen LogP contribution in [0.3, 0.4) is 0 Å². The highest BCUT2D eigenvalue weighted by atomic mass is 79.9. The molecule has 1 aromatic carbocycles. The first-order chi connectivity index (χ1) is 14.0. The molecule has 1 fully saturated rings. The van der Waals surface area contributed by atoms with E-state index >= 15 is 0 Å². The summed E-state index contributed by atoms with van der Waals surface area (Å²) in [4.78, 5) is 19.7. The van der Waals surface area contributed by atoms with Gasteiger partial charge in [-0.05, 0) is 63.1 Å². The molecule has 3 heterocycles. The minimum absolute atomic E-state index is 0.0420. The number of nitrogens with zero attached hydrogens (tertiary/aromatic N) is 4. The summed E-state index contributed by atoms with van der Waals surface area (Å²) >= 11 is 3.45. The third kappa shape index (κ3) is 4.19. The topological polar surface area (TPSA) is 63.1 Å². The van der Waals surface area contributed by atoms with Crippen molar-refractivity contribution in [2.24, 2.45) is 0 Å². The molecule has 4 rings (SSSR count). The molecule has 1 aliphatic rings. The number of hydrogen-bond donors (Lipinski definition) is 1. The van der Waals surface area contributed by atoms with Crippen molar-refractivity contribution < 1.29 is 4.79 Å². The molecular formula is C22H24BrN5O. The number of nitrogens with one attached hydrogen (secondary N) is 1. The van der Waals surface area contributed by atoms with Crippen molar-refractivity contribution in [1.82, 2.24) is 20.1 Å². The highest BCUT2D eigenvalue weighted by molar-refractivity contribution is 9.10. The van der Waals surface area contributed by atoms with Gasteiger partial charge in [0.05, 0.1) is 22.6 Å². The Bertz CT molecular complexity index is 992. The second kappa shape index (κ2) is 8.37. The van der Waals surface area contributed by atoms with Crippen LogP contribution in [0.1, 0.15) is 34.6 Å². The predicted molar refractivity (Wildman–Crippen MR) is 118 cm³/mol. The molecule has 0 aliphatic carbocycles. The fraction of sp³-hybridized carbons (Fsp3) is 0.318. The number of benzene rings is 1. The Hall–Kier alpha value is -2.67. The van der Waals surface area contributed by atoms with E-state index in [9.17, 15) is 4.79 Å². The van der Waals surface area contributed by atoms with Crippen LogP contribution in [0.2, 0.25) is 0 Å². The van der Waals surface area contributed by atoms with Gasteiger partial charge in [-0.3, -0.25) is 4.79 Å². The minimum atomic E-state index is -0.0420. The van der Waals surface area contributed by atoms with Gasteiger partial charge in [0.15, 0.2) is 0 Å². The number of rotatable bonds is 4. The van der Waals surface area contributed by atoms with E-state index in [4.69, 9.17) is 0 Å². The van der Waals surface area contributed by atoms with E-state index in [-0.39, 0.29) is 11.9 Å². The summed E-state index contributed by atoms with van der Waals surface area (Å²) < 4.78 is 2.85. The molecule has 3 aromatic rings. The van der Waals surface area contributed by atoms with Crippen molar-refractivity contribution in [2.75, 3.05) is 18.0 Å². The van der Waals surface area contributed by atoms with Crippen molar-refractivity contribution in [3.63, 3.8) is 0 Å². The van der Waals surface area contributed by atoms with E-state index < -0.39 is 0 Å². The molecule has 0 spiro atoms. The maximum atomic E-state index is 13.0. The Morgan fingerprint density at radius 3 is 2.48 bits per heavy atom. The number of hydrogen-bond acceptors (Lipinski definition) is 4. The van der Waals surface area contributed by atoms with E-state index in [1.54, 1.807) is 0 Å². The van der Waals surface area contributed by atoms with Crippen molar-refractivity contribution in [1.29, 1.82) is 0 Å². The molecule has 2 aromatic heterocycles. The summed E-state index contributed by atoms with van der Waals surface area (Å²) in [6.07, 6.45) is 3.63. The van der Waals surface area contributed by atoms with Gasteiger partial charge in [0.2, 0.25) is 0 Å². The van der Waals surface area contributed by atoms with Crippen molar-refractivity contribution in [2.45, 2.75) is 32.7 Å². The average Bonchev–Trinajstić information content (AvgIpc) is 3.04. The maximum Gasteiger partial charge on any atom is 0.255 e. The average molecular weight is 454 g/mol. The molecule has 0 radical (unpaired) electrons. The molecular weight excluding hydrogens is 430 g/mol. The number of carbonyl (C=O) groups excluding carboxylic acids is 1. The van der Waals surface area contributed by atoms with Gasteiger partial charge >= 0.3 is 0 Å². The van der Waals surface area contributed by atoms with Crippen LogP contribution in [0.15, 0.2) is 53.1 Å². The van der Waals surface area contributed by atoms with Gasteiger partial charge in [0.1, 0.15) is 5.82 Å². The standard InChI is InChI=1S/C22H24BrN5O/c1-15-21(16(2)28(26-15)19-8-6-17(23)7-9-19)22(29)25-18-10-13-27(14-11-18)20-5-3-4-12-24-20/h3-9,12,18H,10-11,13-14H2,1-2H3,(H,25,29). The summed E-state index contributed by atoms with van der Waals surface area (Å²) in [5, 5.41) is 7.82. The molecule has 1 aliphatic heterocycles. The van der Waals surface area contributed by atoms with E-state index in [0.717, 1.165) is 53.3 Å². The van der Waals surface area contributed by atoms with Crippen molar-refractivity contribution in [3.8, 4) is 5.69 Å². The fourth-order valence-electron chi connectivity index (χ4n) is 3.86. The van der Waals surface area contributed by atoms with Gasteiger partial charge in [0.25, 0.3) is 5.91 Å². The zero-order valence-corrected chi connectivity index (χ0v) is 18.2. The molecule has 1 amide bonds. The summed E-state index contributed by atoms with van der Waals surface area (Å²) in [7, 11) is 0. The summed E-state index contributed by atoms with van der Waals surface area (Å²) in [5.74, 6) is 0.958. The third-order valence-electron chi connectivity index (χ3n) is 5.39. The molecule has 0 unspecified atom stereocenters. The summed E-state index contributed by atoms with van der Waals surface area (Å²) in [6.45, 7) is 5.61. The number of aromatic nitrogens is 3. The second-order valence-electron chi connectivity index (χ2n) is 7.36. The van der Waals surface area contributed by atoms with Crippen LogP contribution < -0.4 is 10.2 Å². The van der Waals surface area contributed by atoms with E-state index in [0.29, 0.717) is 5.56 Å². The molecule has 1 saturated heterocycles. The normalized spacial score (nSPS) is 14.8. The maximum absolute atomic E-state index is 13.0. The lowest BCUT2D eigenvalue weighted by molar-refractivity contribution is 0.0930. The van der Waals surface area contributed by atoms with Crippen LogP contribution in [0.5, 0.6) is 0 Å². The smallest absolute Gasteiger partial charge is 0.255 e. The molecule has 0 atom stereocenters. The minimum Gasteiger partial charge on any atom is -0.356 e. The first-order valence-electron chi connectivity index (χ1n) is 9.82. The number of halogens is 1. The molecule has 29 heavy (non-hydrogen) atoms. The highest BCUT2D eigenvalue weighted by Gasteiger charge is 2.25. The Kier molecular flexibility index (Phi) is 5.67. The van der Waals surface area contributed by atoms with E-state index in [1.807, 2.05) is 67.2 Å². The molecule has 1 N–H and O–H groups in total. The van der Waals surface area contributed by atoms with Gasteiger partial charge < -0.3 is 10.2 Å². The molecule has 7 heteroatoms. The number of carbonyl (C=O) groups is 1.